The van der Waals surface area contributed by atoms with Gasteiger partial charge in [-0.1, -0.05) is 18.2 Å². The van der Waals surface area contributed by atoms with Crippen molar-refractivity contribution in [3.63, 3.8) is 0 Å². The van der Waals surface area contributed by atoms with E-state index in [0.29, 0.717) is 13.1 Å². The molecular formula is C20H21NO3S2. The van der Waals surface area contributed by atoms with Gasteiger partial charge in [-0.05, 0) is 48.3 Å². The highest BCUT2D eigenvalue weighted by Gasteiger charge is 2.59. The van der Waals surface area contributed by atoms with Gasteiger partial charge in [-0.25, -0.2) is 0 Å². The molecule has 0 bridgehead atoms. The average Bonchev–Trinajstić information content (AvgIpc) is 3.11. The molecule has 1 aromatic heterocycles. The molecule has 2 aliphatic rings. The number of nitrogens with zero attached hydrogens (tertiary/aromatic N) is 1. The van der Waals surface area contributed by atoms with Crippen molar-refractivity contribution in [3.05, 3.63) is 52.2 Å². The van der Waals surface area contributed by atoms with E-state index in [1.54, 1.807) is 23.1 Å². The van der Waals surface area contributed by atoms with Crippen molar-refractivity contribution in [2.75, 3.05) is 13.1 Å². The maximum Gasteiger partial charge on any atom is 0.307 e. The van der Waals surface area contributed by atoms with Gasteiger partial charge in [-0.2, -0.15) is 0 Å². The van der Waals surface area contributed by atoms with E-state index >= 15 is 0 Å². The lowest BCUT2D eigenvalue weighted by Crippen LogP contribution is -2.40. The van der Waals surface area contributed by atoms with Crippen molar-refractivity contribution in [2.24, 2.45) is 11.3 Å². The van der Waals surface area contributed by atoms with Gasteiger partial charge < -0.3 is 10.0 Å². The second-order valence-corrected chi connectivity index (χ2v) is 9.16. The first-order chi connectivity index (χ1) is 12.6. The first-order valence-electron chi connectivity index (χ1n) is 8.85. The SMILES string of the molecule is O=C(O)C1CC12CCN(C(=O)c1ccccc1SCc1cccs1)CC2. The molecule has 26 heavy (non-hydrogen) atoms. The maximum absolute atomic E-state index is 13.0. The van der Waals surface area contributed by atoms with Crippen molar-refractivity contribution in [3.8, 4) is 0 Å². The van der Waals surface area contributed by atoms with E-state index in [1.165, 1.54) is 4.88 Å². The third kappa shape index (κ3) is 3.40. The van der Waals surface area contributed by atoms with Crippen LogP contribution in [0.25, 0.3) is 0 Å². The van der Waals surface area contributed by atoms with Crippen LogP contribution in [0.2, 0.25) is 0 Å². The Morgan fingerprint density at radius 3 is 2.62 bits per heavy atom. The van der Waals surface area contributed by atoms with Crippen LogP contribution in [0.15, 0.2) is 46.7 Å². The molecular weight excluding hydrogens is 366 g/mol. The summed E-state index contributed by atoms with van der Waals surface area (Å²) in [5.74, 6) is 0.0564. The highest BCUT2D eigenvalue weighted by molar-refractivity contribution is 7.98. The van der Waals surface area contributed by atoms with Gasteiger partial charge in [0, 0.05) is 28.6 Å². The molecule has 1 saturated heterocycles. The number of carboxylic acid groups (broad SMARTS) is 1. The largest absolute Gasteiger partial charge is 0.481 e. The van der Waals surface area contributed by atoms with Crippen LogP contribution in [0.5, 0.6) is 0 Å². The van der Waals surface area contributed by atoms with E-state index < -0.39 is 5.97 Å². The Labute approximate surface area is 161 Å². The second-order valence-electron chi connectivity index (χ2n) is 7.11. The molecule has 6 heteroatoms. The van der Waals surface area contributed by atoms with Crippen molar-refractivity contribution in [1.29, 1.82) is 0 Å². The summed E-state index contributed by atoms with van der Waals surface area (Å²) in [6, 6.07) is 12.0. The zero-order valence-electron chi connectivity index (χ0n) is 14.4. The number of thiophene rings is 1. The summed E-state index contributed by atoms with van der Waals surface area (Å²) < 4.78 is 0. The van der Waals surface area contributed by atoms with Crippen LogP contribution in [0.3, 0.4) is 0 Å². The standard InChI is InChI=1S/C20H21NO3S2/c22-18(21-9-7-20(8-10-21)12-16(20)19(23)24)15-5-1-2-6-17(15)26-13-14-4-3-11-25-14/h1-6,11,16H,7-10,12-13H2,(H,23,24). The van der Waals surface area contributed by atoms with Crippen molar-refractivity contribution >= 4 is 35.0 Å². The Balaban J connectivity index is 1.42. The summed E-state index contributed by atoms with van der Waals surface area (Å²) in [5.41, 5.74) is 0.714. The third-order valence-electron chi connectivity index (χ3n) is 5.60. The Kier molecular flexibility index (Phi) is 4.80. The Hall–Kier alpha value is -1.79. The molecule has 4 rings (SSSR count). The Morgan fingerprint density at radius 2 is 1.96 bits per heavy atom. The molecule has 2 aromatic rings. The lowest BCUT2D eigenvalue weighted by atomic mass is 9.90. The number of aliphatic carboxylic acids is 1. The van der Waals surface area contributed by atoms with Crippen LogP contribution in [0.1, 0.15) is 34.5 Å². The molecule has 1 unspecified atom stereocenters. The van der Waals surface area contributed by atoms with E-state index in [0.717, 1.165) is 35.5 Å². The van der Waals surface area contributed by atoms with Crippen LogP contribution >= 0.6 is 23.1 Å². The smallest absolute Gasteiger partial charge is 0.307 e. The van der Waals surface area contributed by atoms with Crippen molar-refractivity contribution < 1.29 is 14.7 Å². The topological polar surface area (TPSA) is 57.6 Å². The number of carboxylic acids is 1. The fourth-order valence-corrected chi connectivity index (χ4v) is 5.71. The minimum absolute atomic E-state index is 0.0456. The second kappa shape index (κ2) is 7.08. The lowest BCUT2D eigenvalue weighted by Gasteiger charge is -2.33. The number of likely N-dealkylation sites (tertiary alicyclic amines) is 1. The summed E-state index contributed by atoms with van der Waals surface area (Å²) in [4.78, 5) is 28.4. The molecule has 2 heterocycles. The number of amides is 1. The zero-order chi connectivity index (χ0) is 18.1. The number of benzene rings is 1. The van der Waals surface area contributed by atoms with Gasteiger partial charge in [0.15, 0.2) is 0 Å². The monoisotopic (exact) mass is 387 g/mol. The minimum Gasteiger partial charge on any atom is -0.481 e. The number of piperidine rings is 1. The molecule has 136 valence electrons. The van der Waals surface area contributed by atoms with Crippen molar-refractivity contribution in [1.82, 2.24) is 4.90 Å². The summed E-state index contributed by atoms with van der Waals surface area (Å²) in [6.45, 7) is 1.32. The first-order valence-corrected chi connectivity index (χ1v) is 10.7. The van der Waals surface area contributed by atoms with Gasteiger partial charge in [0.05, 0.1) is 11.5 Å². The van der Waals surface area contributed by atoms with Gasteiger partial charge in [0.25, 0.3) is 5.91 Å². The Bertz CT molecular complexity index is 810. The van der Waals surface area contributed by atoms with Gasteiger partial charge in [-0.3, -0.25) is 9.59 Å². The zero-order valence-corrected chi connectivity index (χ0v) is 16.0. The van der Waals surface area contributed by atoms with E-state index in [-0.39, 0.29) is 17.2 Å². The molecule has 1 saturated carbocycles. The summed E-state index contributed by atoms with van der Waals surface area (Å²) >= 11 is 3.43. The number of carbonyl (C=O) groups is 2. The highest BCUT2D eigenvalue weighted by Crippen LogP contribution is 2.59. The predicted octanol–water partition coefficient (Wildman–Crippen LogP) is 4.37. The van der Waals surface area contributed by atoms with Gasteiger partial charge >= 0.3 is 5.97 Å². The van der Waals surface area contributed by atoms with E-state index in [4.69, 9.17) is 0 Å². The van der Waals surface area contributed by atoms with Crippen LogP contribution < -0.4 is 0 Å². The fourth-order valence-electron chi connectivity index (χ4n) is 3.89. The van der Waals surface area contributed by atoms with Crippen LogP contribution in [0.4, 0.5) is 0 Å². The molecule has 1 atom stereocenters. The average molecular weight is 388 g/mol. The summed E-state index contributed by atoms with van der Waals surface area (Å²) in [5, 5.41) is 11.3. The third-order valence-corrected chi connectivity index (χ3v) is 7.78. The number of rotatable bonds is 5. The molecule has 1 aliphatic carbocycles. The summed E-state index contributed by atoms with van der Waals surface area (Å²) in [7, 11) is 0. The number of carbonyl (C=O) groups excluding carboxylic acids is 1. The molecule has 1 spiro atoms. The van der Waals surface area contributed by atoms with E-state index in [2.05, 4.69) is 11.4 Å². The molecule has 1 amide bonds. The highest BCUT2D eigenvalue weighted by atomic mass is 32.2. The quantitative estimate of drug-likeness (QED) is 0.774. The first kappa shape index (κ1) is 17.6. The van der Waals surface area contributed by atoms with Crippen LogP contribution in [-0.4, -0.2) is 35.0 Å². The Morgan fingerprint density at radius 1 is 1.19 bits per heavy atom. The number of hydrogen-bond donors (Lipinski definition) is 1. The van der Waals surface area contributed by atoms with Gasteiger partial charge in [0.2, 0.25) is 0 Å². The molecule has 1 aromatic carbocycles. The lowest BCUT2D eigenvalue weighted by molar-refractivity contribution is -0.139. The molecule has 1 aliphatic heterocycles. The number of hydrogen-bond acceptors (Lipinski definition) is 4. The van der Waals surface area contributed by atoms with Crippen LogP contribution in [0, 0.1) is 11.3 Å². The molecule has 2 fully saturated rings. The molecule has 0 radical (unpaired) electrons. The van der Waals surface area contributed by atoms with E-state index in [9.17, 15) is 14.7 Å². The van der Waals surface area contributed by atoms with Gasteiger partial charge in [-0.15, -0.1) is 23.1 Å². The fraction of sp³-hybridized carbons (Fsp3) is 0.400. The minimum atomic E-state index is -0.680. The maximum atomic E-state index is 13.0. The number of thioether (sulfide) groups is 1. The summed E-state index contributed by atoms with van der Waals surface area (Å²) in [6.07, 6.45) is 2.39. The predicted molar refractivity (Wildman–Crippen MR) is 104 cm³/mol. The van der Waals surface area contributed by atoms with Crippen LogP contribution in [-0.2, 0) is 10.5 Å². The van der Waals surface area contributed by atoms with E-state index in [1.807, 2.05) is 35.2 Å². The molecule has 4 nitrogen and oxygen atoms in total. The molecule has 1 N–H and O–H groups in total. The normalized spacial score (nSPS) is 20.9. The van der Waals surface area contributed by atoms with Crippen molar-refractivity contribution in [2.45, 2.75) is 29.9 Å². The van der Waals surface area contributed by atoms with Gasteiger partial charge in [0.1, 0.15) is 0 Å².